The van der Waals surface area contributed by atoms with Crippen LogP contribution in [0, 0.1) is 6.92 Å². The molecule has 0 aliphatic heterocycles. The first-order valence-electron chi connectivity index (χ1n) is 9.49. The number of hydrogen-bond donors (Lipinski definition) is 1. The third-order valence-electron chi connectivity index (χ3n) is 4.51. The van der Waals surface area contributed by atoms with E-state index in [0.717, 1.165) is 22.3 Å². The van der Waals surface area contributed by atoms with Crippen LogP contribution in [0.5, 0.6) is 11.5 Å². The molecule has 1 aromatic carbocycles. The summed E-state index contributed by atoms with van der Waals surface area (Å²) in [6, 6.07) is 3.64. The molecule has 0 saturated heterocycles. The summed E-state index contributed by atoms with van der Waals surface area (Å²) in [7, 11) is 3.18. The fourth-order valence-corrected chi connectivity index (χ4v) is 4.12. The topological polar surface area (TPSA) is 97.3 Å². The summed E-state index contributed by atoms with van der Waals surface area (Å²) >= 11 is 8.50. The van der Waals surface area contributed by atoms with Crippen molar-refractivity contribution in [3.63, 3.8) is 0 Å². The molecule has 0 atom stereocenters. The van der Waals surface area contributed by atoms with E-state index in [4.69, 9.17) is 37.1 Å². The van der Waals surface area contributed by atoms with Gasteiger partial charge in [0.15, 0.2) is 0 Å². The molecule has 9 heteroatoms. The average Bonchev–Trinajstić information content (AvgIpc) is 2.71. The summed E-state index contributed by atoms with van der Waals surface area (Å²) in [5.41, 5.74) is 8.65. The van der Waals surface area contributed by atoms with Gasteiger partial charge in [-0.05, 0) is 42.0 Å². The van der Waals surface area contributed by atoms with Gasteiger partial charge in [0, 0.05) is 28.8 Å². The van der Waals surface area contributed by atoms with Gasteiger partial charge in [-0.2, -0.15) is 11.8 Å². The second kappa shape index (κ2) is 9.57. The SMILES string of the molecule is COc1cc(OC)c(Cl)c(-c2cc3cnc(N)nc3c([N-]CCSC(C)C)n2)c1C. The quantitative estimate of drug-likeness (QED) is 0.462. The third kappa shape index (κ3) is 4.65. The lowest BCUT2D eigenvalue weighted by Gasteiger charge is -2.23. The zero-order valence-corrected chi connectivity index (χ0v) is 19.3. The summed E-state index contributed by atoms with van der Waals surface area (Å²) < 4.78 is 10.9. The number of ether oxygens (including phenoxy) is 2. The van der Waals surface area contributed by atoms with Crippen molar-refractivity contribution in [2.45, 2.75) is 26.0 Å². The molecule has 2 aromatic heterocycles. The number of pyridine rings is 1. The fourth-order valence-electron chi connectivity index (χ4n) is 3.08. The molecule has 0 spiro atoms. The molecule has 30 heavy (non-hydrogen) atoms. The molecule has 160 valence electrons. The zero-order valence-electron chi connectivity index (χ0n) is 17.7. The summed E-state index contributed by atoms with van der Waals surface area (Å²) in [4.78, 5) is 13.3. The number of aromatic nitrogens is 3. The lowest BCUT2D eigenvalue weighted by molar-refractivity contribution is 0.393. The van der Waals surface area contributed by atoms with Crippen LogP contribution in [0.4, 0.5) is 11.8 Å². The van der Waals surface area contributed by atoms with E-state index in [9.17, 15) is 0 Å². The number of nitrogens with zero attached hydrogens (tertiary/aromatic N) is 4. The molecule has 0 amide bonds. The minimum Gasteiger partial charge on any atom is -0.496 e. The number of benzene rings is 1. The Morgan fingerprint density at radius 2 is 1.90 bits per heavy atom. The molecular weight excluding hydrogens is 422 g/mol. The van der Waals surface area contributed by atoms with Gasteiger partial charge >= 0.3 is 0 Å². The summed E-state index contributed by atoms with van der Waals surface area (Å²) in [5, 5.41) is 6.47. The Morgan fingerprint density at radius 3 is 2.57 bits per heavy atom. The van der Waals surface area contributed by atoms with E-state index >= 15 is 0 Å². The number of fused-ring (bicyclic) bond motifs is 1. The molecule has 0 saturated carbocycles. The highest BCUT2D eigenvalue weighted by atomic mass is 35.5. The number of methoxy groups -OCH3 is 2. The van der Waals surface area contributed by atoms with Gasteiger partial charge in [-0.3, -0.25) is 0 Å². The lowest BCUT2D eigenvalue weighted by atomic mass is 10.0. The Hall–Kier alpha value is -2.45. The van der Waals surface area contributed by atoms with Crippen molar-refractivity contribution in [1.29, 1.82) is 0 Å². The normalized spacial score (nSPS) is 11.2. The number of rotatable bonds is 8. The van der Waals surface area contributed by atoms with Crippen LogP contribution in [-0.4, -0.2) is 46.7 Å². The molecule has 0 radical (unpaired) electrons. The van der Waals surface area contributed by atoms with E-state index < -0.39 is 0 Å². The number of nitrogens with two attached hydrogens (primary N) is 1. The minimum atomic E-state index is 0.183. The van der Waals surface area contributed by atoms with E-state index in [-0.39, 0.29) is 5.95 Å². The lowest BCUT2D eigenvalue weighted by Crippen LogP contribution is -2.00. The molecular formula is C21H25ClN5O2S-. The van der Waals surface area contributed by atoms with Crippen molar-refractivity contribution in [3.8, 4) is 22.8 Å². The number of halogens is 1. The van der Waals surface area contributed by atoms with E-state index in [0.29, 0.717) is 45.3 Å². The van der Waals surface area contributed by atoms with Crippen LogP contribution in [0.25, 0.3) is 27.5 Å². The summed E-state index contributed by atoms with van der Waals surface area (Å²) in [6.45, 7) is 6.87. The van der Waals surface area contributed by atoms with Gasteiger partial charge < -0.3 is 25.5 Å². The molecule has 3 rings (SSSR count). The van der Waals surface area contributed by atoms with Gasteiger partial charge in [-0.15, -0.1) is 0 Å². The highest BCUT2D eigenvalue weighted by molar-refractivity contribution is 7.99. The smallest absolute Gasteiger partial charge is 0.220 e. The standard InChI is InChI=1S/C21H25ClN5O2S/c1-11(2)30-7-6-24-20-19-13(10-25-21(23)27-19)8-14(26-20)17-12(3)15(28-4)9-16(29-5)18(17)22/h8-11H,6-7H2,1-5H3,(H2-,23,24,25,26,27)/q-1. The van der Waals surface area contributed by atoms with Crippen LogP contribution in [-0.2, 0) is 0 Å². The van der Waals surface area contributed by atoms with Gasteiger partial charge in [0.05, 0.1) is 24.8 Å². The van der Waals surface area contributed by atoms with Crippen molar-refractivity contribution in [2.75, 3.05) is 32.3 Å². The van der Waals surface area contributed by atoms with E-state index in [1.165, 1.54) is 0 Å². The number of nitrogen functional groups attached to an aromatic ring is 1. The maximum Gasteiger partial charge on any atom is 0.220 e. The fraction of sp³-hybridized carbons (Fsp3) is 0.381. The van der Waals surface area contributed by atoms with Crippen molar-refractivity contribution < 1.29 is 9.47 Å². The van der Waals surface area contributed by atoms with Crippen molar-refractivity contribution in [1.82, 2.24) is 15.0 Å². The maximum atomic E-state index is 6.66. The molecule has 0 aliphatic rings. The second-order valence-electron chi connectivity index (χ2n) is 6.89. The number of thioether (sulfide) groups is 1. The summed E-state index contributed by atoms with van der Waals surface area (Å²) in [6.07, 6.45) is 1.67. The first-order chi connectivity index (χ1) is 14.3. The molecule has 0 fully saturated rings. The third-order valence-corrected chi connectivity index (χ3v) is 5.97. The first-order valence-corrected chi connectivity index (χ1v) is 10.9. The van der Waals surface area contributed by atoms with Crippen molar-refractivity contribution >= 4 is 46.0 Å². The molecule has 3 aromatic rings. The molecule has 2 heterocycles. The Morgan fingerprint density at radius 1 is 1.17 bits per heavy atom. The van der Waals surface area contributed by atoms with E-state index in [1.54, 1.807) is 26.5 Å². The van der Waals surface area contributed by atoms with Gasteiger partial charge in [-0.1, -0.05) is 25.4 Å². The largest absolute Gasteiger partial charge is 0.496 e. The zero-order chi connectivity index (χ0) is 21.8. The Bertz CT molecular complexity index is 1030. The van der Waals surface area contributed by atoms with Crippen LogP contribution in [0.1, 0.15) is 19.4 Å². The summed E-state index contributed by atoms with van der Waals surface area (Å²) in [5.74, 6) is 2.75. The highest BCUT2D eigenvalue weighted by Crippen LogP contribution is 2.43. The highest BCUT2D eigenvalue weighted by Gasteiger charge is 2.17. The van der Waals surface area contributed by atoms with Crippen LogP contribution in [0.2, 0.25) is 5.02 Å². The molecule has 0 bridgehead atoms. The van der Waals surface area contributed by atoms with Crippen LogP contribution in [0.15, 0.2) is 18.3 Å². The van der Waals surface area contributed by atoms with Crippen LogP contribution >= 0.6 is 23.4 Å². The predicted octanol–water partition coefficient (Wildman–Crippen LogP) is 5.40. The molecule has 2 N–H and O–H groups in total. The van der Waals surface area contributed by atoms with Gasteiger partial charge in [0.2, 0.25) is 5.95 Å². The number of hydrogen-bond acceptors (Lipinski definition) is 7. The molecule has 0 aliphatic carbocycles. The van der Waals surface area contributed by atoms with Crippen molar-refractivity contribution in [3.05, 3.63) is 34.2 Å². The first kappa shape index (κ1) is 22.2. The van der Waals surface area contributed by atoms with Crippen LogP contribution < -0.4 is 15.2 Å². The van der Waals surface area contributed by atoms with Crippen molar-refractivity contribution in [2.24, 2.45) is 0 Å². The second-order valence-corrected chi connectivity index (χ2v) is 8.96. The van der Waals surface area contributed by atoms with Gasteiger partial charge in [-0.25, -0.2) is 9.97 Å². The Balaban J connectivity index is 2.14. The molecule has 0 unspecified atom stereocenters. The maximum absolute atomic E-state index is 6.66. The average molecular weight is 447 g/mol. The minimum absolute atomic E-state index is 0.183. The Labute approximate surface area is 185 Å². The number of anilines is 1. The van der Waals surface area contributed by atoms with E-state index in [2.05, 4.69) is 23.8 Å². The predicted molar refractivity (Wildman–Crippen MR) is 126 cm³/mol. The van der Waals surface area contributed by atoms with E-state index in [1.807, 2.05) is 24.8 Å². The Kier molecular flexibility index (Phi) is 7.10. The van der Waals surface area contributed by atoms with Crippen LogP contribution in [0.3, 0.4) is 0 Å². The van der Waals surface area contributed by atoms with Gasteiger partial charge in [0.1, 0.15) is 11.5 Å². The molecule has 7 nitrogen and oxygen atoms in total. The van der Waals surface area contributed by atoms with Gasteiger partial charge in [0.25, 0.3) is 0 Å². The monoisotopic (exact) mass is 446 g/mol.